The van der Waals surface area contributed by atoms with Gasteiger partial charge in [-0.05, 0) is 26.7 Å². The molecule has 1 aliphatic heterocycles. The predicted molar refractivity (Wildman–Crippen MR) is 72.6 cm³/mol. The van der Waals surface area contributed by atoms with E-state index in [0.29, 0.717) is 32.5 Å². The topological polar surface area (TPSA) is 88.1 Å². The van der Waals surface area contributed by atoms with Gasteiger partial charge in [-0.2, -0.15) is 0 Å². The third kappa shape index (κ3) is 4.64. The number of ether oxygens (including phenoxy) is 2. The Bertz CT molecular complexity index is 337. The SMILES string of the molecule is CCN(C(=O)NCC1CCC(C(=O)O)O1)C(C)COC. The number of urea groups is 1. The van der Waals surface area contributed by atoms with Gasteiger partial charge in [-0.15, -0.1) is 0 Å². The van der Waals surface area contributed by atoms with Crippen molar-refractivity contribution in [2.45, 2.75) is 44.9 Å². The van der Waals surface area contributed by atoms with Crippen molar-refractivity contribution in [2.24, 2.45) is 0 Å². The molecule has 7 heteroatoms. The van der Waals surface area contributed by atoms with Crippen LogP contribution in [0.4, 0.5) is 4.79 Å². The van der Waals surface area contributed by atoms with Gasteiger partial charge in [0.2, 0.25) is 0 Å². The summed E-state index contributed by atoms with van der Waals surface area (Å²) in [4.78, 5) is 24.5. The molecule has 0 saturated carbocycles. The number of nitrogens with zero attached hydrogens (tertiary/aromatic N) is 1. The van der Waals surface area contributed by atoms with Crippen LogP contribution in [0.1, 0.15) is 26.7 Å². The lowest BCUT2D eigenvalue weighted by Crippen LogP contribution is -2.48. The minimum atomic E-state index is -0.942. The van der Waals surface area contributed by atoms with Gasteiger partial charge in [-0.3, -0.25) is 0 Å². The van der Waals surface area contributed by atoms with Gasteiger partial charge in [-0.25, -0.2) is 9.59 Å². The highest BCUT2D eigenvalue weighted by molar-refractivity contribution is 5.74. The van der Waals surface area contributed by atoms with Gasteiger partial charge >= 0.3 is 12.0 Å². The highest BCUT2D eigenvalue weighted by Gasteiger charge is 2.31. The lowest BCUT2D eigenvalue weighted by molar-refractivity contribution is -0.149. The van der Waals surface area contributed by atoms with E-state index in [1.54, 1.807) is 12.0 Å². The molecule has 3 unspecified atom stereocenters. The van der Waals surface area contributed by atoms with E-state index < -0.39 is 12.1 Å². The van der Waals surface area contributed by atoms with Gasteiger partial charge in [-0.1, -0.05) is 0 Å². The third-order valence-electron chi connectivity index (χ3n) is 3.41. The number of amides is 2. The molecule has 0 aromatic heterocycles. The Labute approximate surface area is 119 Å². The molecule has 1 saturated heterocycles. The van der Waals surface area contributed by atoms with E-state index in [9.17, 15) is 9.59 Å². The number of likely N-dealkylation sites (N-methyl/N-ethyl adjacent to an activating group) is 1. The van der Waals surface area contributed by atoms with Crippen LogP contribution in [0.3, 0.4) is 0 Å². The molecule has 2 amide bonds. The molecule has 0 radical (unpaired) electrons. The summed E-state index contributed by atoms with van der Waals surface area (Å²) in [6.45, 7) is 5.21. The Hall–Kier alpha value is -1.34. The second kappa shape index (κ2) is 8.06. The van der Waals surface area contributed by atoms with Gasteiger partial charge in [0.1, 0.15) is 0 Å². The summed E-state index contributed by atoms with van der Waals surface area (Å²) in [5.74, 6) is -0.942. The van der Waals surface area contributed by atoms with Crippen molar-refractivity contribution in [1.29, 1.82) is 0 Å². The van der Waals surface area contributed by atoms with Crippen LogP contribution < -0.4 is 5.32 Å². The number of hydrogen-bond acceptors (Lipinski definition) is 4. The Kier molecular flexibility index (Phi) is 6.74. The van der Waals surface area contributed by atoms with Crippen LogP contribution in [0, 0.1) is 0 Å². The highest BCUT2D eigenvalue weighted by atomic mass is 16.5. The summed E-state index contributed by atoms with van der Waals surface area (Å²) in [6, 6.07) is -0.194. The summed E-state index contributed by atoms with van der Waals surface area (Å²) in [6.07, 6.45) is 0.174. The van der Waals surface area contributed by atoms with Gasteiger partial charge in [0, 0.05) is 20.2 Å². The van der Waals surface area contributed by atoms with E-state index in [0.717, 1.165) is 0 Å². The van der Waals surface area contributed by atoms with E-state index >= 15 is 0 Å². The molecular weight excluding hydrogens is 264 g/mol. The zero-order valence-electron chi connectivity index (χ0n) is 12.3. The summed E-state index contributed by atoms with van der Waals surface area (Å²) in [7, 11) is 1.60. The fraction of sp³-hybridized carbons (Fsp3) is 0.846. The van der Waals surface area contributed by atoms with Crippen molar-refractivity contribution in [1.82, 2.24) is 10.2 Å². The highest BCUT2D eigenvalue weighted by Crippen LogP contribution is 2.19. The first kappa shape index (κ1) is 16.7. The fourth-order valence-electron chi connectivity index (χ4n) is 2.33. The maximum absolute atomic E-state index is 12.1. The molecule has 0 aromatic rings. The molecule has 3 atom stereocenters. The Balaban J connectivity index is 2.37. The standard InChI is InChI=1S/C13H24N2O5/c1-4-15(9(2)8-19-3)13(18)14-7-10-5-6-11(20-10)12(16)17/h9-11H,4-8H2,1-3H3,(H,14,18)(H,16,17). The molecular formula is C13H24N2O5. The number of carbonyl (C=O) groups is 2. The van der Waals surface area contributed by atoms with Crippen LogP contribution in [0.2, 0.25) is 0 Å². The van der Waals surface area contributed by atoms with Crippen molar-refractivity contribution >= 4 is 12.0 Å². The maximum Gasteiger partial charge on any atom is 0.332 e. The first-order chi connectivity index (χ1) is 9.49. The van der Waals surface area contributed by atoms with Gasteiger partial charge < -0.3 is 24.8 Å². The van der Waals surface area contributed by atoms with Crippen LogP contribution in [0.25, 0.3) is 0 Å². The van der Waals surface area contributed by atoms with Crippen LogP contribution >= 0.6 is 0 Å². The molecule has 1 aliphatic rings. The maximum atomic E-state index is 12.1. The number of hydrogen-bond donors (Lipinski definition) is 2. The first-order valence-electron chi connectivity index (χ1n) is 6.91. The average Bonchev–Trinajstić information content (AvgIpc) is 2.86. The van der Waals surface area contributed by atoms with Gasteiger partial charge in [0.05, 0.1) is 18.8 Å². The molecule has 1 heterocycles. The molecule has 0 spiro atoms. The third-order valence-corrected chi connectivity index (χ3v) is 3.41. The average molecular weight is 288 g/mol. The molecule has 0 aromatic carbocycles. The molecule has 0 bridgehead atoms. The number of aliphatic carboxylic acids is 1. The van der Waals surface area contributed by atoms with Crippen LogP contribution in [-0.2, 0) is 14.3 Å². The van der Waals surface area contributed by atoms with Crippen LogP contribution in [0.5, 0.6) is 0 Å². The summed E-state index contributed by atoms with van der Waals surface area (Å²) < 4.78 is 10.4. The van der Waals surface area contributed by atoms with Crippen molar-refractivity contribution in [3.63, 3.8) is 0 Å². The zero-order chi connectivity index (χ0) is 15.1. The lowest BCUT2D eigenvalue weighted by atomic mass is 10.2. The summed E-state index contributed by atoms with van der Waals surface area (Å²) >= 11 is 0. The summed E-state index contributed by atoms with van der Waals surface area (Å²) in [5.41, 5.74) is 0. The first-order valence-corrected chi connectivity index (χ1v) is 6.91. The number of nitrogens with one attached hydrogen (secondary N) is 1. The molecule has 2 N–H and O–H groups in total. The normalized spacial score (nSPS) is 23.4. The minimum Gasteiger partial charge on any atom is -0.479 e. The van der Waals surface area contributed by atoms with E-state index in [2.05, 4.69) is 5.32 Å². The zero-order valence-corrected chi connectivity index (χ0v) is 12.3. The quantitative estimate of drug-likeness (QED) is 0.719. The molecule has 1 fully saturated rings. The number of rotatable bonds is 7. The Morgan fingerprint density at radius 3 is 2.70 bits per heavy atom. The number of methoxy groups -OCH3 is 1. The molecule has 1 rings (SSSR count). The Morgan fingerprint density at radius 2 is 2.20 bits per heavy atom. The van der Waals surface area contributed by atoms with E-state index in [1.165, 1.54) is 0 Å². The predicted octanol–water partition coefficient (Wildman–Crippen LogP) is 0.685. The van der Waals surface area contributed by atoms with Gasteiger partial charge in [0.15, 0.2) is 6.10 Å². The smallest absolute Gasteiger partial charge is 0.332 e. The van der Waals surface area contributed by atoms with Crippen molar-refractivity contribution in [2.75, 3.05) is 26.8 Å². The lowest BCUT2D eigenvalue weighted by Gasteiger charge is -2.28. The van der Waals surface area contributed by atoms with Crippen LogP contribution in [0.15, 0.2) is 0 Å². The van der Waals surface area contributed by atoms with E-state index in [1.807, 2.05) is 13.8 Å². The van der Waals surface area contributed by atoms with Crippen molar-refractivity contribution in [3.8, 4) is 0 Å². The van der Waals surface area contributed by atoms with Crippen molar-refractivity contribution < 1.29 is 24.2 Å². The number of carbonyl (C=O) groups excluding carboxylic acids is 1. The molecule has 0 aliphatic carbocycles. The van der Waals surface area contributed by atoms with E-state index in [-0.39, 0.29) is 18.2 Å². The largest absolute Gasteiger partial charge is 0.479 e. The molecule has 116 valence electrons. The Morgan fingerprint density at radius 1 is 1.50 bits per heavy atom. The second-order valence-electron chi connectivity index (χ2n) is 4.94. The van der Waals surface area contributed by atoms with Gasteiger partial charge in [0.25, 0.3) is 0 Å². The van der Waals surface area contributed by atoms with E-state index in [4.69, 9.17) is 14.6 Å². The molecule has 20 heavy (non-hydrogen) atoms. The fourth-order valence-corrected chi connectivity index (χ4v) is 2.33. The summed E-state index contributed by atoms with van der Waals surface area (Å²) in [5, 5.41) is 11.6. The minimum absolute atomic E-state index is 0.0127. The van der Waals surface area contributed by atoms with Crippen LogP contribution in [-0.4, -0.2) is 67.1 Å². The monoisotopic (exact) mass is 288 g/mol. The van der Waals surface area contributed by atoms with Crippen molar-refractivity contribution in [3.05, 3.63) is 0 Å². The second-order valence-corrected chi connectivity index (χ2v) is 4.94. The molecule has 7 nitrogen and oxygen atoms in total. The number of carboxylic acid groups (broad SMARTS) is 1. The number of carboxylic acids is 1.